The molecule has 1 aliphatic heterocycles. The maximum Gasteiger partial charge on any atom is 0.121 e. The van der Waals surface area contributed by atoms with Crippen molar-refractivity contribution in [2.45, 2.75) is 57.6 Å². The lowest BCUT2D eigenvalue weighted by atomic mass is 9.72. The zero-order valence-electron chi connectivity index (χ0n) is 17.3. The Hall–Kier alpha value is -2.75. The molecule has 4 rings (SSSR count). The number of hydrogen-bond acceptors (Lipinski definition) is 4. The largest absolute Gasteiger partial charge is 0.489 e. The first-order valence-electron chi connectivity index (χ1n) is 10.7. The van der Waals surface area contributed by atoms with Crippen LogP contribution in [0.4, 0.5) is 5.69 Å². The third kappa shape index (κ3) is 4.64. The number of benzene rings is 2. The Kier molecular flexibility index (Phi) is 5.89. The van der Waals surface area contributed by atoms with E-state index in [2.05, 4.69) is 52.5 Å². The highest BCUT2D eigenvalue weighted by atomic mass is 16.5. The fourth-order valence-electron chi connectivity index (χ4n) is 4.34. The van der Waals surface area contributed by atoms with E-state index in [0.717, 1.165) is 31.0 Å². The van der Waals surface area contributed by atoms with Gasteiger partial charge in [-0.15, -0.1) is 0 Å². The van der Waals surface area contributed by atoms with Gasteiger partial charge in [0.05, 0.1) is 6.67 Å². The lowest BCUT2D eigenvalue weighted by molar-refractivity contribution is 0.0541. The molecule has 0 bridgehead atoms. The molecule has 152 valence electrons. The standard InChI is InChI=1S/C25H31N3O/c1-21(26)8-6-13-25(14-7-15-25)28-17-16-27(20-28)23-11-5-12-24(18-23)29-19-22-9-3-2-4-10-22/h2-5,9-12,16-18,26H,6-8,13-15,19-20H2,1H3. The number of nitrogens with one attached hydrogen (secondary N) is 1. The highest BCUT2D eigenvalue weighted by Crippen LogP contribution is 2.43. The summed E-state index contributed by atoms with van der Waals surface area (Å²) in [7, 11) is 0. The number of anilines is 1. The summed E-state index contributed by atoms with van der Waals surface area (Å²) < 4.78 is 6.01. The smallest absolute Gasteiger partial charge is 0.121 e. The van der Waals surface area contributed by atoms with E-state index in [4.69, 9.17) is 10.1 Å². The minimum Gasteiger partial charge on any atom is -0.489 e. The third-order valence-corrected chi connectivity index (χ3v) is 6.22. The molecule has 0 atom stereocenters. The van der Waals surface area contributed by atoms with Crippen LogP contribution in [0.25, 0.3) is 0 Å². The summed E-state index contributed by atoms with van der Waals surface area (Å²) in [5.41, 5.74) is 3.43. The molecule has 1 saturated carbocycles. The van der Waals surface area contributed by atoms with E-state index in [1.807, 2.05) is 31.2 Å². The first-order valence-corrected chi connectivity index (χ1v) is 10.7. The summed E-state index contributed by atoms with van der Waals surface area (Å²) in [6, 6.07) is 18.6. The fourth-order valence-corrected chi connectivity index (χ4v) is 4.34. The monoisotopic (exact) mass is 389 g/mol. The highest BCUT2D eigenvalue weighted by molar-refractivity contribution is 5.78. The molecule has 1 aliphatic carbocycles. The summed E-state index contributed by atoms with van der Waals surface area (Å²) >= 11 is 0. The van der Waals surface area contributed by atoms with Crippen LogP contribution in [0, 0.1) is 5.41 Å². The van der Waals surface area contributed by atoms with E-state index in [1.54, 1.807) is 0 Å². The molecule has 2 aromatic carbocycles. The van der Waals surface area contributed by atoms with Crippen LogP contribution in [0.3, 0.4) is 0 Å². The number of hydrogen-bond donors (Lipinski definition) is 1. The summed E-state index contributed by atoms with van der Waals surface area (Å²) in [5.74, 6) is 0.901. The van der Waals surface area contributed by atoms with Crippen LogP contribution in [0.2, 0.25) is 0 Å². The van der Waals surface area contributed by atoms with E-state index in [9.17, 15) is 0 Å². The molecule has 4 heteroatoms. The van der Waals surface area contributed by atoms with Crippen molar-refractivity contribution in [2.75, 3.05) is 11.6 Å². The normalized spacial score (nSPS) is 17.3. The van der Waals surface area contributed by atoms with Gasteiger partial charge in [0, 0.05) is 35.4 Å². The predicted octanol–water partition coefficient (Wildman–Crippen LogP) is 5.95. The van der Waals surface area contributed by atoms with Crippen LogP contribution >= 0.6 is 0 Å². The number of rotatable bonds is 9. The molecule has 1 fully saturated rings. The SMILES string of the molecule is CC(=N)CCCC1(N2C=CN(c3cccc(OCc4ccccc4)c3)C2)CCC1. The fraction of sp³-hybridized carbons (Fsp3) is 0.400. The number of nitrogens with zero attached hydrogens (tertiary/aromatic N) is 2. The molecule has 4 nitrogen and oxygen atoms in total. The van der Waals surface area contributed by atoms with Crippen LogP contribution in [-0.4, -0.2) is 22.8 Å². The molecular formula is C25H31N3O. The first kappa shape index (κ1) is 19.6. The van der Waals surface area contributed by atoms with Crippen LogP contribution in [0.15, 0.2) is 67.0 Å². The molecule has 0 radical (unpaired) electrons. The molecule has 0 saturated heterocycles. The Labute approximate surface area is 174 Å². The zero-order valence-corrected chi connectivity index (χ0v) is 17.3. The Balaban J connectivity index is 1.36. The Bertz CT molecular complexity index is 857. The van der Waals surface area contributed by atoms with Gasteiger partial charge in [0.1, 0.15) is 12.4 Å². The summed E-state index contributed by atoms with van der Waals surface area (Å²) in [6.07, 6.45) is 11.5. The van der Waals surface area contributed by atoms with Gasteiger partial charge in [0.15, 0.2) is 0 Å². The summed E-state index contributed by atoms with van der Waals surface area (Å²) in [5, 5.41) is 7.69. The quantitative estimate of drug-likeness (QED) is 0.539. The van der Waals surface area contributed by atoms with Gasteiger partial charge in [-0.3, -0.25) is 0 Å². The van der Waals surface area contributed by atoms with Gasteiger partial charge in [-0.1, -0.05) is 36.4 Å². The van der Waals surface area contributed by atoms with E-state index in [-0.39, 0.29) is 0 Å². The van der Waals surface area contributed by atoms with Crippen LogP contribution < -0.4 is 9.64 Å². The average Bonchev–Trinajstić information content (AvgIpc) is 3.20. The van der Waals surface area contributed by atoms with Crippen LogP contribution in [-0.2, 0) is 6.61 Å². The molecule has 0 spiro atoms. The highest BCUT2D eigenvalue weighted by Gasteiger charge is 2.42. The minimum atomic E-state index is 0.294. The van der Waals surface area contributed by atoms with Gasteiger partial charge in [-0.05, 0) is 63.1 Å². The van der Waals surface area contributed by atoms with Gasteiger partial charge >= 0.3 is 0 Å². The van der Waals surface area contributed by atoms with Crippen molar-refractivity contribution in [3.63, 3.8) is 0 Å². The molecule has 2 aromatic rings. The molecular weight excluding hydrogens is 358 g/mol. The second-order valence-electron chi connectivity index (χ2n) is 8.36. The van der Waals surface area contributed by atoms with Gasteiger partial charge < -0.3 is 19.9 Å². The van der Waals surface area contributed by atoms with E-state index in [1.165, 1.54) is 36.9 Å². The van der Waals surface area contributed by atoms with Crippen molar-refractivity contribution >= 4 is 11.4 Å². The maximum atomic E-state index is 7.69. The van der Waals surface area contributed by atoms with Crippen LogP contribution in [0.5, 0.6) is 5.75 Å². The Morgan fingerprint density at radius 2 is 1.90 bits per heavy atom. The van der Waals surface area contributed by atoms with Gasteiger partial charge in [-0.2, -0.15) is 0 Å². The minimum absolute atomic E-state index is 0.294. The van der Waals surface area contributed by atoms with Gasteiger partial charge in [-0.25, -0.2) is 0 Å². The molecule has 1 N–H and O–H groups in total. The molecule has 1 heterocycles. The van der Waals surface area contributed by atoms with Crippen molar-refractivity contribution < 1.29 is 4.74 Å². The molecule has 0 aromatic heterocycles. The predicted molar refractivity (Wildman–Crippen MR) is 119 cm³/mol. The molecule has 0 amide bonds. The van der Waals surface area contributed by atoms with Crippen molar-refractivity contribution in [3.05, 3.63) is 72.6 Å². The maximum absolute atomic E-state index is 7.69. The second kappa shape index (κ2) is 8.73. The van der Waals surface area contributed by atoms with Crippen molar-refractivity contribution in [3.8, 4) is 5.75 Å². The van der Waals surface area contributed by atoms with E-state index < -0.39 is 0 Å². The van der Waals surface area contributed by atoms with Crippen molar-refractivity contribution in [2.24, 2.45) is 0 Å². The van der Waals surface area contributed by atoms with Gasteiger partial charge in [0.2, 0.25) is 0 Å². The van der Waals surface area contributed by atoms with Crippen LogP contribution in [0.1, 0.15) is 51.0 Å². The average molecular weight is 390 g/mol. The lowest BCUT2D eigenvalue weighted by Gasteiger charge is -2.49. The third-order valence-electron chi connectivity index (χ3n) is 6.22. The Morgan fingerprint density at radius 1 is 1.07 bits per heavy atom. The second-order valence-corrected chi connectivity index (χ2v) is 8.36. The van der Waals surface area contributed by atoms with E-state index in [0.29, 0.717) is 12.1 Å². The number of ether oxygens (including phenoxy) is 1. The Morgan fingerprint density at radius 3 is 2.62 bits per heavy atom. The first-order chi connectivity index (χ1) is 14.1. The van der Waals surface area contributed by atoms with Gasteiger partial charge in [0.25, 0.3) is 0 Å². The summed E-state index contributed by atoms with van der Waals surface area (Å²) in [4.78, 5) is 4.82. The topological polar surface area (TPSA) is 39.6 Å². The van der Waals surface area contributed by atoms with Crippen molar-refractivity contribution in [1.29, 1.82) is 5.41 Å². The molecule has 29 heavy (non-hydrogen) atoms. The molecule has 2 aliphatic rings. The lowest BCUT2D eigenvalue weighted by Crippen LogP contribution is -2.52. The van der Waals surface area contributed by atoms with Crippen molar-refractivity contribution in [1.82, 2.24) is 4.90 Å². The van der Waals surface area contributed by atoms with E-state index >= 15 is 0 Å². The molecule has 0 unspecified atom stereocenters. The zero-order chi connectivity index (χ0) is 20.1. The summed E-state index contributed by atoms with van der Waals surface area (Å²) in [6.45, 7) is 3.39.